The zero-order valence-corrected chi connectivity index (χ0v) is 21.5. The molecule has 2 fully saturated rings. The molecule has 192 valence electrons. The summed E-state index contributed by atoms with van der Waals surface area (Å²) in [6.45, 7) is 3.37. The number of carbonyl (C=O) groups is 1. The third kappa shape index (κ3) is 6.89. The summed E-state index contributed by atoms with van der Waals surface area (Å²) in [5, 5.41) is 2.99. The molecule has 2 N–H and O–H groups in total. The van der Waals surface area contributed by atoms with Crippen LogP contribution in [0.2, 0.25) is 0 Å². The smallest absolute Gasteiger partial charge is 0.270 e. The van der Waals surface area contributed by atoms with E-state index >= 15 is 0 Å². The Bertz CT molecular complexity index is 1050. The van der Waals surface area contributed by atoms with E-state index in [1.54, 1.807) is 18.2 Å². The van der Waals surface area contributed by atoms with E-state index in [4.69, 9.17) is 4.74 Å². The normalized spacial score (nSPS) is 23.1. The SMILES string of the molecule is COCCNS(=O)(=O)C1=CC(C)C(NC(=O)c2cc(N(CC3CC3)C3CCCCC3)ncn2)C=C1. The summed E-state index contributed by atoms with van der Waals surface area (Å²) in [6, 6.07) is 1.94. The molecule has 35 heavy (non-hydrogen) atoms. The largest absolute Gasteiger partial charge is 0.383 e. The first-order valence-corrected chi connectivity index (χ1v) is 14.1. The molecule has 0 aromatic carbocycles. The second-order valence-electron chi connectivity index (χ2n) is 9.83. The Morgan fingerprint density at radius 2 is 1.94 bits per heavy atom. The highest BCUT2D eigenvalue weighted by molar-refractivity contribution is 7.93. The van der Waals surface area contributed by atoms with E-state index in [-0.39, 0.29) is 29.3 Å². The van der Waals surface area contributed by atoms with Gasteiger partial charge in [-0.1, -0.05) is 38.3 Å². The predicted octanol–water partition coefficient (Wildman–Crippen LogP) is 2.78. The van der Waals surface area contributed by atoms with Gasteiger partial charge in [0.1, 0.15) is 17.8 Å². The minimum Gasteiger partial charge on any atom is -0.383 e. The topological polar surface area (TPSA) is 114 Å². The van der Waals surface area contributed by atoms with E-state index in [0.29, 0.717) is 18.3 Å². The molecule has 9 nitrogen and oxygen atoms in total. The summed E-state index contributed by atoms with van der Waals surface area (Å²) in [5.74, 6) is 1.06. The molecular formula is C25H37N5O4S. The van der Waals surface area contributed by atoms with Crippen LogP contribution in [0.1, 0.15) is 62.4 Å². The number of nitrogens with zero attached hydrogens (tertiary/aromatic N) is 3. The van der Waals surface area contributed by atoms with Gasteiger partial charge in [0.15, 0.2) is 0 Å². The quantitative estimate of drug-likeness (QED) is 0.447. The predicted molar refractivity (Wildman–Crippen MR) is 135 cm³/mol. The molecule has 2 saturated carbocycles. The number of nitrogens with one attached hydrogen (secondary N) is 2. The van der Waals surface area contributed by atoms with Crippen LogP contribution in [-0.4, -0.2) is 63.2 Å². The van der Waals surface area contributed by atoms with Gasteiger partial charge in [0.2, 0.25) is 10.0 Å². The number of carbonyl (C=O) groups excluding carboxylic acids is 1. The summed E-state index contributed by atoms with van der Waals surface area (Å²) < 4.78 is 32.4. The maximum Gasteiger partial charge on any atom is 0.270 e. The molecule has 0 aliphatic heterocycles. The molecule has 0 radical (unpaired) electrons. The van der Waals surface area contributed by atoms with Gasteiger partial charge in [-0.15, -0.1) is 0 Å². The van der Waals surface area contributed by atoms with E-state index in [2.05, 4.69) is 24.9 Å². The first-order chi connectivity index (χ1) is 16.9. The van der Waals surface area contributed by atoms with Crippen molar-refractivity contribution in [1.82, 2.24) is 20.0 Å². The van der Waals surface area contributed by atoms with Crippen LogP contribution in [0.25, 0.3) is 0 Å². The standard InChI is InChI=1S/C25H37N5O4S/c1-18-14-21(35(32,33)28-12-13-34-2)10-11-22(18)29-25(31)23-15-24(27-17-26-23)30(16-19-8-9-19)20-6-4-3-5-7-20/h10-11,14-15,17-20,22,28H,3-9,12-13,16H2,1-2H3,(H,29,31). The van der Waals surface area contributed by atoms with E-state index in [1.807, 2.05) is 6.92 Å². The molecule has 2 unspecified atom stereocenters. The number of allylic oxidation sites excluding steroid dienone is 1. The Morgan fingerprint density at radius 3 is 2.63 bits per heavy atom. The molecule has 10 heteroatoms. The summed E-state index contributed by atoms with van der Waals surface area (Å²) in [5.41, 5.74) is 0.329. The second kappa shape index (κ2) is 11.6. The number of rotatable bonds is 11. The van der Waals surface area contributed by atoms with Gasteiger partial charge in [0, 0.05) is 32.3 Å². The number of hydrogen-bond donors (Lipinski definition) is 2. The summed E-state index contributed by atoms with van der Waals surface area (Å²) >= 11 is 0. The molecule has 0 spiro atoms. The van der Waals surface area contributed by atoms with E-state index in [9.17, 15) is 13.2 Å². The van der Waals surface area contributed by atoms with E-state index in [0.717, 1.165) is 18.3 Å². The van der Waals surface area contributed by atoms with Crippen molar-refractivity contribution < 1.29 is 17.9 Å². The van der Waals surface area contributed by atoms with Crippen LogP contribution in [0, 0.1) is 11.8 Å². The fourth-order valence-corrected chi connectivity index (χ4v) is 5.94. The number of aromatic nitrogens is 2. The minimum atomic E-state index is -3.62. The van der Waals surface area contributed by atoms with Crippen molar-refractivity contribution >= 4 is 21.7 Å². The molecule has 1 aromatic heterocycles. The highest BCUT2D eigenvalue weighted by atomic mass is 32.2. The molecule has 1 aromatic rings. The molecule has 0 saturated heterocycles. The lowest BCUT2D eigenvalue weighted by Gasteiger charge is -2.35. The first kappa shape index (κ1) is 25.8. The molecule has 3 aliphatic carbocycles. The van der Waals surface area contributed by atoms with Gasteiger partial charge in [-0.2, -0.15) is 0 Å². The van der Waals surface area contributed by atoms with Gasteiger partial charge in [-0.25, -0.2) is 23.1 Å². The number of sulfonamides is 1. The van der Waals surface area contributed by atoms with Gasteiger partial charge < -0.3 is 15.0 Å². The van der Waals surface area contributed by atoms with Crippen molar-refractivity contribution in [1.29, 1.82) is 0 Å². The Morgan fingerprint density at radius 1 is 1.17 bits per heavy atom. The molecule has 3 aliphatic rings. The molecule has 1 heterocycles. The fourth-order valence-electron chi connectivity index (χ4n) is 4.77. The average molecular weight is 504 g/mol. The zero-order valence-electron chi connectivity index (χ0n) is 20.7. The number of anilines is 1. The molecule has 0 bridgehead atoms. The molecule has 1 amide bonds. The zero-order chi connectivity index (χ0) is 24.8. The molecule has 4 rings (SSSR count). The Balaban J connectivity index is 1.41. The monoisotopic (exact) mass is 503 g/mol. The lowest BCUT2D eigenvalue weighted by molar-refractivity contribution is 0.0933. The van der Waals surface area contributed by atoms with Gasteiger partial charge >= 0.3 is 0 Å². The van der Waals surface area contributed by atoms with Crippen molar-refractivity contribution in [3.05, 3.63) is 41.2 Å². The average Bonchev–Trinajstić information content (AvgIpc) is 3.69. The van der Waals surface area contributed by atoms with Gasteiger partial charge in [0.25, 0.3) is 5.91 Å². The van der Waals surface area contributed by atoms with Crippen molar-refractivity contribution in [2.45, 2.75) is 64.0 Å². The number of amides is 1. The lowest BCUT2D eigenvalue weighted by atomic mass is 9.94. The van der Waals surface area contributed by atoms with Crippen molar-refractivity contribution in [2.75, 3.05) is 31.7 Å². The molecular weight excluding hydrogens is 466 g/mol. The van der Waals surface area contributed by atoms with Crippen LogP contribution in [0.4, 0.5) is 5.82 Å². The maximum atomic E-state index is 13.1. The third-order valence-corrected chi connectivity index (χ3v) is 8.49. The van der Waals surface area contributed by atoms with Crippen molar-refractivity contribution in [3.63, 3.8) is 0 Å². The highest BCUT2D eigenvalue weighted by Crippen LogP contribution is 2.34. The highest BCUT2D eigenvalue weighted by Gasteiger charge is 2.31. The lowest BCUT2D eigenvalue weighted by Crippen LogP contribution is -2.41. The second-order valence-corrected chi connectivity index (χ2v) is 11.6. The van der Waals surface area contributed by atoms with Crippen molar-refractivity contribution in [3.8, 4) is 0 Å². The number of ether oxygens (including phenoxy) is 1. The summed E-state index contributed by atoms with van der Waals surface area (Å²) in [7, 11) is -2.10. The van der Waals surface area contributed by atoms with Crippen LogP contribution in [0.5, 0.6) is 0 Å². The maximum absolute atomic E-state index is 13.1. The number of methoxy groups -OCH3 is 1. The Kier molecular flexibility index (Phi) is 8.56. The van der Waals surface area contributed by atoms with Crippen LogP contribution >= 0.6 is 0 Å². The van der Waals surface area contributed by atoms with Crippen LogP contribution in [0.15, 0.2) is 35.5 Å². The van der Waals surface area contributed by atoms with Gasteiger partial charge in [-0.3, -0.25) is 4.79 Å². The van der Waals surface area contributed by atoms with Crippen molar-refractivity contribution in [2.24, 2.45) is 11.8 Å². The number of hydrogen-bond acceptors (Lipinski definition) is 7. The van der Waals surface area contributed by atoms with E-state index in [1.165, 1.54) is 64.5 Å². The first-order valence-electron chi connectivity index (χ1n) is 12.7. The van der Waals surface area contributed by atoms with Gasteiger partial charge in [-0.05, 0) is 43.6 Å². The molecule has 2 atom stereocenters. The Labute approximate surface area is 208 Å². The third-order valence-electron chi connectivity index (χ3n) is 7.01. The van der Waals surface area contributed by atoms with Crippen LogP contribution < -0.4 is 14.9 Å². The fraction of sp³-hybridized carbons (Fsp3) is 0.640. The summed E-state index contributed by atoms with van der Waals surface area (Å²) in [6.07, 6.45) is 15.0. The van der Waals surface area contributed by atoms with Crippen LogP contribution in [-0.2, 0) is 14.8 Å². The summed E-state index contributed by atoms with van der Waals surface area (Å²) in [4.78, 5) is 24.4. The van der Waals surface area contributed by atoms with E-state index < -0.39 is 10.0 Å². The van der Waals surface area contributed by atoms with Gasteiger partial charge in [0.05, 0.1) is 17.6 Å². The Hall–Kier alpha value is -2.30. The minimum absolute atomic E-state index is 0.194. The van der Waals surface area contributed by atoms with Crippen LogP contribution in [0.3, 0.4) is 0 Å².